The van der Waals surface area contributed by atoms with Crippen LogP contribution in [-0.4, -0.2) is 54.4 Å². The summed E-state index contributed by atoms with van der Waals surface area (Å²) in [5.74, 6) is 0. The zero-order valence-corrected chi connectivity index (χ0v) is 16.8. The number of aromatic nitrogens is 3. The molecule has 2 rings (SSSR count). The number of rotatable bonds is 9. The van der Waals surface area contributed by atoms with E-state index in [1.54, 1.807) is 27.5 Å². The van der Waals surface area contributed by atoms with Crippen molar-refractivity contribution in [3.8, 4) is 0 Å². The minimum atomic E-state index is -0.521. The standard InChI is InChI=1S/C17H27ClN4O4/c1-17(2,3)26-16(25-6)19-7-8-22-12(14(23-4)24-5)9-11-10-20-15(18)21-13(11)22/h9-10,14,16,19H,7-8H2,1-6H3. The Morgan fingerprint density at radius 1 is 1.19 bits per heavy atom. The van der Waals surface area contributed by atoms with Gasteiger partial charge in [0.1, 0.15) is 5.65 Å². The molecule has 1 atom stereocenters. The first kappa shape index (κ1) is 21.0. The summed E-state index contributed by atoms with van der Waals surface area (Å²) in [6.45, 7) is 7.08. The van der Waals surface area contributed by atoms with Gasteiger partial charge in [-0.15, -0.1) is 0 Å². The van der Waals surface area contributed by atoms with Crippen LogP contribution in [0.3, 0.4) is 0 Å². The molecule has 0 saturated carbocycles. The van der Waals surface area contributed by atoms with E-state index in [0.29, 0.717) is 18.7 Å². The molecule has 146 valence electrons. The Labute approximate surface area is 158 Å². The maximum absolute atomic E-state index is 5.97. The summed E-state index contributed by atoms with van der Waals surface area (Å²) in [6.07, 6.45) is 0.646. The lowest BCUT2D eigenvalue weighted by molar-refractivity contribution is -0.197. The minimum Gasteiger partial charge on any atom is -0.350 e. The molecule has 0 spiro atoms. The fourth-order valence-electron chi connectivity index (χ4n) is 2.60. The Morgan fingerprint density at radius 2 is 1.88 bits per heavy atom. The molecule has 8 nitrogen and oxygen atoms in total. The molecule has 0 aromatic carbocycles. The molecule has 0 radical (unpaired) electrons. The number of methoxy groups -OCH3 is 3. The number of hydrogen-bond donors (Lipinski definition) is 1. The third kappa shape index (κ3) is 5.35. The quantitative estimate of drug-likeness (QED) is 0.524. The number of fused-ring (bicyclic) bond motifs is 1. The summed E-state index contributed by atoms with van der Waals surface area (Å²) < 4.78 is 23.9. The molecule has 0 fully saturated rings. The van der Waals surface area contributed by atoms with Crippen molar-refractivity contribution in [2.45, 2.75) is 45.6 Å². The first-order valence-electron chi connectivity index (χ1n) is 8.30. The van der Waals surface area contributed by atoms with Crippen LogP contribution in [0.15, 0.2) is 12.3 Å². The summed E-state index contributed by atoms with van der Waals surface area (Å²) in [5, 5.41) is 4.27. The van der Waals surface area contributed by atoms with Gasteiger partial charge >= 0.3 is 0 Å². The maximum atomic E-state index is 5.97. The van der Waals surface area contributed by atoms with Gasteiger partial charge in [0.2, 0.25) is 11.7 Å². The molecular weight excluding hydrogens is 360 g/mol. The van der Waals surface area contributed by atoms with Crippen LogP contribution >= 0.6 is 11.6 Å². The highest BCUT2D eigenvalue weighted by molar-refractivity contribution is 6.28. The molecule has 0 bridgehead atoms. The molecule has 0 saturated heterocycles. The van der Waals surface area contributed by atoms with E-state index in [-0.39, 0.29) is 10.9 Å². The monoisotopic (exact) mass is 386 g/mol. The fourth-order valence-corrected chi connectivity index (χ4v) is 2.72. The maximum Gasteiger partial charge on any atom is 0.224 e. The largest absolute Gasteiger partial charge is 0.350 e. The lowest BCUT2D eigenvalue weighted by Crippen LogP contribution is -2.41. The predicted octanol–water partition coefficient (Wildman–Crippen LogP) is 2.71. The summed E-state index contributed by atoms with van der Waals surface area (Å²) in [4.78, 5) is 8.38. The number of halogens is 1. The second-order valence-electron chi connectivity index (χ2n) is 6.69. The van der Waals surface area contributed by atoms with Gasteiger partial charge in [-0.2, -0.15) is 4.98 Å². The summed E-state index contributed by atoms with van der Waals surface area (Å²) >= 11 is 5.97. The molecule has 2 aromatic heterocycles. The van der Waals surface area contributed by atoms with E-state index in [2.05, 4.69) is 15.3 Å². The second kappa shape index (κ2) is 9.07. The van der Waals surface area contributed by atoms with Crippen molar-refractivity contribution in [3.05, 3.63) is 23.2 Å². The van der Waals surface area contributed by atoms with Gasteiger partial charge in [0.25, 0.3) is 0 Å². The van der Waals surface area contributed by atoms with Gasteiger partial charge in [-0.25, -0.2) is 4.98 Å². The molecule has 9 heteroatoms. The molecule has 0 amide bonds. The van der Waals surface area contributed by atoms with E-state index in [1.807, 2.05) is 31.4 Å². The number of hydrogen-bond acceptors (Lipinski definition) is 7. The van der Waals surface area contributed by atoms with Crippen molar-refractivity contribution in [1.82, 2.24) is 19.9 Å². The molecule has 2 heterocycles. The molecule has 0 aliphatic carbocycles. The van der Waals surface area contributed by atoms with Crippen molar-refractivity contribution in [2.75, 3.05) is 27.9 Å². The smallest absolute Gasteiger partial charge is 0.224 e. The SMILES string of the molecule is COC(NCCn1c(C(OC)OC)cc2cnc(Cl)nc21)OC(C)(C)C. The predicted molar refractivity (Wildman–Crippen MR) is 98.9 cm³/mol. The topological polar surface area (TPSA) is 79.7 Å². The Balaban J connectivity index is 2.21. The molecule has 1 N–H and O–H groups in total. The Kier molecular flexibility index (Phi) is 7.33. The first-order valence-corrected chi connectivity index (χ1v) is 8.68. The van der Waals surface area contributed by atoms with Crippen LogP contribution in [0, 0.1) is 0 Å². The van der Waals surface area contributed by atoms with Crippen LogP contribution in [0.2, 0.25) is 5.28 Å². The molecule has 26 heavy (non-hydrogen) atoms. The lowest BCUT2D eigenvalue weighted by Gasteiger charge is -2.27. The van der Waals surface area contributed by atoms with Gasteiger partial charge in [0.05, 0.1) is 11.3 Å². The highest BCUT2D eigenvalue weighted by Crippen LogP contribution is 2.26. The van der Waals surface area contributed by atoms with E-state index in [0.717, 1.165) is 11.1 Å². The first-order chi connectivity index (χ1) is 12.3. The van der Waals surface area contributed by atoms with E-state index < -0.39 is 12.7 Å². The van der Waals surface area contributed by atoms with E-state index >= 15 is 0 Å². The third-order valence-corrected chi connectivity index (χ3v) is 3.81. The molecule has 0 aliphatic rings. The zero-order valence-electron chi connectivity index (χ0n) is 16.1. The normalized spacial score (nSPS) is 13.7. The lowest BCUT2D eigenvalue weighted by atomic mass is 10.2. The van der Waals surface area contributed by atoms with Gasteiger partial charge < -0.3 is 23.5 Å². The van der Waals surface area contributed by atoms with Crippen LogP contribution in [0.5, 0.6) is 0 Å². The van der Waals surface area contributed by atoms with Crippen molar-refractivity contribution < 1.29 is 18.9 Å². The van der Waals surface area contributed by atoms with Gasteiger partial charge in [0, 0.05) is 46.0 Å². The summed E-state index contributed by atoms with van der Waals surface area (Å²) in [5.41, 5.74) is 1.22. The molecule has 2 aromatic rings. The highest BCUT2D eigenvalue weighted by atomic mass is 35.5. The fraction of sp³-hybridized carbons (Fsp3) is 0.647. The molecular formula is C17H27ClN4O4. The van der Waals surface area contributed by atoms with Crippen LogP contribution in [0.4, 0.5) is 0 Å². The Bertz CT molecular complexity index is 713. The van der Waals surface area contributed by atoms with E-state index in [1.165, 1.54) is 0 Å². The van der Waals surface area contributed by atoms with Crippen molar-refractivity contribution in [2.24, 2.45) is 0 Å². The van der Waals surface area contributed by atoms with Crippen molar-refractivity contribution in [1.29, 1.82) is 0 Å². The summed E-state index contributed by atoms with van der Waals surface area (Å²) in [6, 6.07) is 1.93. The van der Waals surface area contributed by atoms with Crippen LogP contribution < -0.4 is 5.32 Å². The third-order valence-electron chi connectivity index (χ3n) is 3.63. The zero-order chi connectivity index (χ0) is 19.3. The minimum absolute atomic E-state index is 0.188. The van der Waals surface area contributed by atoms with Gasteiger partial charge in [-0.1, -0.05) is 0 Å². The van der Waals surface area contributed by atoms with Crippen molar-refractivity contribution in [3.63, 3.8) is 0 Å². The number of nitrogens with one attached hydrogen (secondary N) is 1. The average molecular weight is 387 g/mol. The number of ether oxygens (including phenoxy) is 4. The van der Waals surface area contributed by atoms with Crippen LogP contribution in [0.25, 0.3) is 11.0 Å². The van der Waals surface area contributed by atoms with E-state index in [4.69, 9.17) is 30.5 Å². The van der Waals surface area contributed by atoms with Crippen LogP contribution in [-0.2, 0) is 25.5 Å². The second-order valence-corrected chi connectivity index (χ2v) is 7.03. The highest BCUT2D eigenvalue weighted by Gasteiger charge is 2.21. The molecule has 1 unspecified atom stereocenters. The van der Waals surface area contributed by atoms with Gasteiger partial charge in [-0.05, 0) is 38.4 Å². The van der Waals surface area contributed by atoms with Gasteiger partial charge in [-0.3, -0.25) is 5.32 Å². The Hall–Kier alpha value is -1.29. The average Bonchev–Trinajstić information content (AvgIpc) is 2.92. The summed E-state index contributed by atoms with van der Waals surface area (Å²) in [7, 11) is 4.77. The van der Waals surface area contributed by atoms with Gasteiger partial charge in [0.15, 0.2) is 6.29 Å². The van der Waals surface area contributed by atoms with Crippen molar-refractivity contribution >= 4 is 22.6 Å². The molecule has 0 aliphatic heterocycles. The Morgan fingerprint density at radius 3 is 2.46 bits per heavy atom. The van der Waals surface area contributed by atoms with E-state index in [9.17, 15) is 0 Å². The number of nitrogens with zero attached hydrogens (tertiary/aromatic N) is 3. The van der Waals surface area contributed by atoms with Crippen LogP contribution in [0.1, 0.15) is 32.8 Å².